The molecule has 5 heteroatoms. The molecule has 1 fully saturated rings. The molecule has 0 atom stereocenters. The first-order valence-corrected chi connectivity index (χ1v) is 11.3. The van der Waals surface area contributed by atoms with Crippen LogP contribution in [-0.2, 0) is 7.05 Å². The van der Waals surface area contributed by atoms with E-state index >= 15 is 0 Å². The molecule has 4 aromatic rings. The SMILES string of the molecule is Cn1c2ccccc2c(=O)c2c(=O)n(-c3ccccc3)c(C3CCCCCCC3)nc21. The highest BCUT2D eigenvalue weighted by Crippen LogP contribution is 2.31. The van der Waals surface area contributed by atoms with Crippen molar-refractivity contribution < 1.29 is 0 Å². The fourth-order valence-corrected chi connectivity index (χ4v) is 4.99. The quantitative estimate of drug-likeness (QED) is 0.431. The summed E-state index contributed by atoms with van der Waals surface area (Å²) in [6.45, 7) is 0. The van der Waals surface area contributed by atoms with E-state index in [-0.39, 0.29) is 22.3 Å². The molecule has 2 aromatic carbocycles. The molecule has 5 nitrogen and oxygen atoms in total. The molecule has 1 aliphatic carbocycles. The van der Waals surface area contributed by atoms with Gasteiger partial charge in [-0.3, -0.25) is 14.2 Å². The summed E-state index contributed by atoms with van der Waals surface area (Å²) in [4.78, 5) is 32.3. The lowest BCUT2D eigenvalue weighted by Crippen LogP contribution is -2.31. The standard InChI is InChI=1S/C26H27N3O2/c1-28-21-17-11-10-16-20(21)23(30)22-25(28)27-24(18-12-6-3-2-4-7-13-18)29(26(22)31)19-14-8-5-9-15-19/h5,8-11,14-18H,2-4,6-7,12-13H2,1H3. The van der Waals surface area contributed by atoms with Crippen LogP contribution in [0.15, 0.2) is 64.2 Å². The molecule has 0 radical (unpaired) electrons. The molecule has 5 rings (SSSR count). The Morgan fingerprint density at radius 3 is 2.23 bits per heavy atom. The summed E-state index contributed by atoms with van der Waals surface area (Å²) in [6.07, 6.45) is 8.06. The van der Waals surface area contributed by atoms with Crippen molar-refractivity contribution in [2.24, 2.45) is 7.05 Å². The Morgan fingerprint density at radius 2 is 1.48 bits per heavy atom. The van der Waals surface area contributed by atoms with Gasteiger partial charge in [0.05, 0.1) is 11.2 Å². The van der Waals surface area contributed by atoms with Gasteiger partial charge in [0.2, 0.25) is 5.43 Å². The number of aromatic nitrogens is 3. The summed E-state index contributed by atoms with van der Waals surface area (Å²) in [5, 5.41) is 0.717. The summed E-state index contributed by atoms with van der Waals surface area (Å²) in [5.74, 6) is 0.995. The van der Waals surface area contributed by atoms with Crippen LogP contribution >= 0.6 is 0 Å². The van der Waals surface area contributed by atoms with E-state index in [9.17, 15) is 9.59 Å². The van der Waals surface area contributed by atoms with Crippen LogP contribution in [0.4, 0.5) is 0 Å². The van der Waals surface area contributed by atoms with Crippen molar-refractivity contribution in [3.8, 4) is 5.69 Å². The van der Waals surface area contributed by atoms with E-state index in [2.05, 4.69) is 0 Å². The monoisotopic (exact) mass is 413 g/mol. The molecule has 2 aromatic heterocycles. The van der Waals surface area contributed by atoms with Crippen LogP contribution in [0.2, 0.25) is 0 Å². The van der Waals surface area contributed by atoms with Crippen molar-refractivity contribution in [3.63, 3.8) is 0 Å². The smallest absolute Gasteiger partial charge is 0.271 e. The zero-order valence-corrected chi connectivity index (χ0v) is 17.9. The van der Waals surface area contributed by atoms with Gasteiger partial charge in [-0.1, -0.05) is 62.4 Å². The first kappa shape index (κ1) is 19.7. The molecule has 2 heterocycles. The van der Waals surface area contributed by atoms with E-state index in [1.807, 2.05) is 60.1 Å². The first-order chi connectivity index (χ1) is 15.2. The number of nitrogens with zero attached hydrogens (tertiary/aromatic N) is 3. The van der Waals surface area contributed by atoms with E-state index < -0.39 is 0 Å². The molecule has 0 N–H and O–H groups in total. The third-order valence-corrected chi connectivity index (χ3v) is 6.63. The van der Waals surface area contributed by atoms with Crippen molar-refractivity contribution >= 4 is 21.9 Å². The predicted molar refractivity (Wildman–Crippen MR) is 125 cm³/mol. The third-order valence-electron chi connectivity index (χ3n) is 6.63. The van der Waals surface area contributed by atoms with Crippen LogP contribution in [0.3, 0.4) is 0 Å². The lowest BCUT2D eigenvalue weighted by Gasteiger charge is -2.24. The topological polar surface area (TPSA) is 56.9 Å². The Kier molecular flexibility index (Phi) is 5.18. The van der Waals surface area contributed by atoms with Crippen LogP contribution in [0.1, 0.15) is 56.7 Å². The molecule has 0 saturated heterocycles. The van der Waals surface area contributed by atoms with Gasteiger partial charge in [0.1, 0.15) is 11.2 Å². The second kappa shape index (κ2) is 8.14. The number of aryl methyl sites for hydroxylation is 1. The molecule has 0 amide bonds. The molecule has 0 aliphatic heterocycles. The number of hydrogen-bond acceptors (Lipinski definition) is 3. The molecule has 0 spiro atoms. The number of rotatable bonds is 2. The Bertz CT molecular complexity index is 1360. The molecular formula is C26H27N3O2. The van der Waals surface area contributed by atoms with Crippen LogP contribution in [0.5, 0.6) is 0 Å². The second-order valence-corrected chi connectivity index (χ2v) is 8.59. The minimum Gasteiger partial charge on any atom is -0.328 e. The number of fused-ring (bicyclic) bond motifs is 2. The number of hydrogen-bond donors (Lipinski definition) is 0. The second-order valence-electron chi connectivity index (χ2n) is 8.59. The van der Waals surface area contributed by atoms with Gasteiger partial charge in [0.15, 0.2) is 5.65 Å². The van der Waals surface area contributed by atoms with Crippen LogP contribution in [-0.4, -0.2) is 14.1 Å². The Labute approximate surface area is 181 Å². The molecular weight excluding hydrogens is 386 g/mol. The maximum absolute atomic E-state index is 13.9. The minimum absolute atomic E-state index is 0.166. The van der Waals surface area contributed by atoms with Crippen molar-refractivity contribution in [3.05, 3.63) is 81.0 Å². The van der Waals surface area contributed by atoms with Gasteiger partial charge in [-0.05, 0) is 37.1 Å². The third kappa shape index (κ3) is 3.38. The summed E-state index contributed by atoms with van der Waals surface area (Å²) < 4.78 is 3.60. The van der Waals surface area contributed by atoms with E-state index in [4.69, 9.17) is 4.98 Å². The minimum atomic E-state index is -0.264. The summed E-state index contributed by atoms with van der Waals surface area (Å²) >= 11 is 0. The number of para-hydroxylation sites is 2. The molecule has 1 saturated carbocycles. The van der Waals surface area contributed by atoms with Gasteiger partial charge >= 0.3 is 0 Å². The Balaban J connectivity index is 1.88. The predicted octanol–water partition coefficient (Wildman–Crippen LogP) is 5.07. The van der Waals surface area contributed by atoms with Crippen molar-refractivity contribution in [1.82, 2.24) is 14.1 Å². The van der Waals surface area contributed by atoms with Crippen LogP contribution in [0, 0.1) is 0 Å². The lowest BCUT2D eigenvalue weighted by molar-refractivity contribution is 0.436. The van der Waals surface area contributed by atoms with Gasteiger partial charge in [-0.25, -0.2) is 4.98 Å². The van der Waals surface area contributed by atoms with E-state index in [1.165, 1.54) is 19.3 Å². The Hall–Kier alpha value is -3.21. The maximum atomic E-state index is 13.9. The number of pyridine rings is 1. The van der Waals surface area contributed by atoms with Gasteiger partial charge in [0, 0.05) is 18.4 Å². The maximum Gasteiger partial charge on any atom is 0.271 e. The molecule has 158 valence electrons. The van der Waals surface area contributed by atoms with Gasteiger partial charge in [-0.2, -0.15) is 0 Å². The van der Waals surface area contributed by atoms with E-state index in [1.54, 1.807) is 10.6 Å². The number of benzene rings is 2. The molecule has 31 heavy (non-hydrogen) atoms. The molecule has 0 bridgehead atoms. The summed E-state index contributed by atoms with van der Waals surface area (Å²) in [5.41, 5.74) is 1.55. The lowest BCUT2D eigenvalue weighted by atomic mass is 9.90. The highest BCUT2D eigenvalue weighted by molar-refractivity contribution is 5.91. The highest BCUT2D eigenvalue weighted by atomic mass is 16.1. The van der Waals surface area contributed by atoms with Crippen molar-refractivity contribution in [2.75, 3.05) is 0 Å². The zero-order chi connectivity index (χ0) is 21.4. The highest BCUT2D eigenvalue weighted by Gasteiger charge is 2.24. The average molecular weight is 414 g/mol. The largest absolute Gasteiger partial charge is 0.328 e. The Morgan fingerprint density at radius 1 is 0.839 bits per heavy atom. The fraction of sp³-hybridized carbons (Fsp3) is 0.346. The zero-order valence-electron chi connectivity index (χ0n) is 17.9. The van der Waals surface area contributed by atoms with Crippen molar-refractivity contribution in [1.29, 1.82) is 0 Å². The normalized spacial score (nSPS) is 15.8. The van der Waals surface area contributed by atoms with E-state index in [0.717, 1.165) is 42.7 Å². The van der Waals surface area contributed by atoms with Gasteiger partial charge in [-0.15, -0.1) is 0 Å². The van der Waals surface area contributed by atoms with Gasteiger partial charge in [0.25, 0.3) is 5.56 Å². The van der Waals surface area contributed by atoms with Crippen LogP contribution in [0.25, 0.3) is 27.6 Å². The van der Waals surface area contributed by atoms with Gasteiger partial charge < -0.3 is 4.57 Å². The molecule has 1 aliphatic rings. The first-order valence-electron chi connectivity index (χ1n) is 11.3. The van der Waals surface area contributed by atoms with Crippen LogP contribution < -0.4 is 11.0 Å². The van der Waals surface area contributed by atoms with Crippen molar-refractivity contribution in [2.45, 2.75) is 50.9 Å². The fourth-order valence-electron chi connectivity index (χ4n) is 4.99. The van der Waals surface area contributed by atoms with E-state index in [0.29, 0.717) is 11.0 Å². The average Bonchev–Trinajstić information content (AvgIpc) is 2.77. The molecule has 0 unspecified atom stereocenters. The summed E-state index contributed by atoms with van der Waals surface area (Å²) in [7, 11) is 1.89. The summed E-state index contributed by atoms with van der Waals surface area (Å²) in [6, 6.07) is 17.1.